The van der Waals surface area contributed by atoms with Crippen LogP contribution in [0.1, 0.15) is 52.3 Å². The number of rotatable bonds is 5. The average molecular weight is 278 g/mol. The second-order valence-electron chi connectivity index (χ2n) is 6.75. The third-order valence-electron chi connectivity index (χ3n) is 3.90. The molecular weight excluding hydrogens is 248 g/mol. The van der Waals surface area contributed by atoms with Gasteiger partial charge < -0.3 is 5.32 Å². The van der Waals surface area contributed by atoms with Gasteiger partial charge in [0.25, 0.3) is 0 Å². The highest BCUT2D eigenvalue weighted by molar-refractivity contribution is 5.00. The summed E-state index contributed by atoms with van der Waals surface area (Å²) in [5, 5.41) is 8.36. The maximum atomic E-state index is 4.68. The molecule has 1 N–H and O–H groups in total. The lowest BCUT2D eigenvalue weighted by Gasteiger charge is -2.24. The van der Waals surface area contributed by atoms with Gasteiger partial charge in [0.1, 0.15) is 0 Å². The lowest BCUT2D eigenvalue weighted by molar-refractivity contribution is 0.244. The molecule has 1 aliphatic heterocycles. The molecule has 1 aromatic heterocycles. The van der Waals surface area contributed by atoms with Crippen molar-refractivity contribution in [2.24, 2.45) is 5.92 Å². The number of aromatic nitrogens is 2. The highest BCUT2D eigenvalue weighted by Gasteiger charge is 2.19. The van der Waals surface area contributed by atoms with Crippen molar-refractivity contribution in [3.05, 3.63) is 18.0 Å². The van der Waals surface area contributed by atoms with Crippen molar-refractivity contribution in [3.8, 4) is 0 Å². The topological polar surface area (TPSA) is 33.1 Å². The van der Waals surface area contributed by atoms with E-state index in [1.807, 2.05) is 0 Å². The van der Waals surface area contributed by atoms with Crippen LogP contribution in [0.5, 0.6) is 0 Å². The van der Waals surface area contributed by atoms with Crippen LogP contribution < -0.4 is 5.32 Å². The molecule has 0 radical (unpaired) electrons. The molecule has 0 spiro atoms. The molecular formula is C16H30N4. The predicted molar refractivity (Wildman–Crippen MR) is 83.8 cm³/mol. The van der Waals surface area contributed by atoms with Crippen LogP contribution in [0.15, 0.2) is 12.3 Å². The standard InChI is InChI=1S/C16H30N4/c1-13(2)10-16-12-19(8-5-7-17-16)11-15-6-9-20(18-15)14(3)4/h6,9,13-14,16-17H,5,7-8,10-12H2,1-4H3. The average Bonchev–Trinajstić information content (AvgIpc) is 2.71. The molecule has 1 unspecified atom stereocenters. The van der Waals surface area contributed by atoms with Crippen LogP contribution in [0.2, 0.25) is 0 Å². The molecule has 4 heteroatoms. The molecule has 0 aliphatic carbocycles. The smallest absolute Gasteiger partial charge is 0.0764 e. The summed E-state index contributed by atoms with van der Waals surface area (Å²) in [6.07, 6.45) is 4.60. The Balaban J connectivity index is 1.92. The highest BCUT2D eigenvalue weighted by atomic mass is 15.3. The Morgan fingerprint density at radius 1 is 1.35 bits per heavy atom. The van der Waals surface area contributed by atoms with Gasteiger partial charge in [0.05, 0.1) is 5.69 Å². The van der Waals surface area contributed by atoms with Crippen molar-refractivity contribution in [3.63, 3.8) is 0 Å². The zero-order valence-corrected chi connectivity index (χ0v) is 13.5. The minimum absolute atomic E-state index is 0.447. The molecule has 1 fully saturated rings. The van der Waals surface area contributed by atoms with E-state index in [-0.39, 0.29) is 0 Å². The Hall–Kier alpha value is -0.870. The predicted octanol–water partition coefficient (Wildman–Crippen LogP) is 2.67. The van der Waals surface area contributed by atoms with Gasteiger partial charge >= 0.3 is 0 Å². The van der Waals surface area contributed by atoms with E-state index in [4.69, 9.17) is 0 Å². The molecule has 1 aliphatic rings. The number of hydrogen-bond donors (Lipinski definition) is 1. The molecule has 2 heterocycles. The first-order valence-corrected chi connectivity index (χ1v) is 8.04. The van der Waals surface area contributed by atoms with Gasteiger partial charge in [-0.25, -0.2) is 0 Å². The minimum atomic E-state index is 0.447. The lowest BCUT2D eigenvalue weighted by atomic mass is 10.0. The van der Waals surface area contributed by atoms with Crippen molar-refractivity contribution < 1.29 is 0 Å². The summed E-state index contributed by atoms with van der Waals surface area (Å²) in [7, 11) is 0. The highest BCUT2D eigenvalue weighted by Crippen LogP contribution is 2.13. The number of hydrogen-bond acceptors (Lipinski definition) is 3. The summed E-state index contributed by atoms with van der Waals surface area (Å²) in [4.78, 5) is 2.56. The first-order chi connectivity index (χ1) is 9.54. The Bertz CT molecular complexity index is 397. The van der Waals surface area contributed by atoms with Crippen molar-refractivity contribution in [2.75, 3.05) is 19.6 Å². The summed E-state index contributed by atoms with van der Waals surface area (Å²) in [5.74, 6) is 0.757. The minimum Gasteiger partial charge on any atom is -0.313 e. The summed E-state index contributed by atoms with van der Waals surface area (Å²) in [6.45, 7) is 13.4. The monoisotopic (exact) mass is 278 g/mol. The summed E-state index contributed by atoms with van der Waals surface area (Å²) >= 11 is 0. The van der Waals surface area contributed by atoms with Gasteiger partial charge in [0.15, 0.2) is 0 Å². The number of nitrogens with one attached hydrogen (secondary N) is 1. The van der Waals surface area contributed by atoms with Crippen LogP contribution >= 0.6 is 0 Å². The zero-order valence-electron chi connectivity index (χ0n) is 13.5. The van der Waals surface area contributed by atoms with Crippen LogP contribution in [0.4, 0.5) is 0 Å². The van der Waals surface area contributed by atoms with E-state index in [0.29, 0.717) is 12.1 Å². The molecule has 0 bridgehead atoms. The maximum Gasteiger partial charge on any atom is 0.0764 e. The van der Waals surface area contributed by atoms with Crippen LogP contribution in [0.3, 0.4) is 0 Å². The molecule has 1 atom stereocenters. The van der Waals surface area contributed by atoms with Crippen LogP contribution in [-0.2, 0) is 6.54 Å². The second kappa shape index (κ2) is 7.23. The van der Waals surface area contributed by atoms with Gasteiger partial charge in [0.2, 0.25) is 0 Å². The largest absolute Gasteiger partial charge is 0.313 e. The van der Waals surface area contributed by atoms with Crippen molar-refractivity contribution in [1.29, 1.82) is 0 Å². The van der Waals surface area contributed by atoms with E-state index in [2.05, 4.69) is 60.0 Å². The third-order valence-corrected chi connectivity index (χ3v) is 3.90. The Kier molecular flexibility index (Phi) is 5.61. The SMILES string of the molecule is CC(C)CC1CN(Cc2ccn(C(C)C)n2)CCCN1. The van der Waals surface area contributed by atoms with Crippen LogP contribution in [0.25, 0.3) is 0 Å². The lowest BCUT2D eigenvalue weighted by Crippen LogP contribution is -2.38. The first kappa shape index (κ1) is 15.5. The molecule has 0 amide bonds. The van der Waals surface area contributed by atoms with Gasteiger partial charge in [-0.2, -0.15) is 5.10 Å². The molecule has 0 saturated carbocycles. The van der Waals surface area contributed by atoms with Crippen molar-refractivity contribution in [1.82, 2.24) is 20.0 Å². The molecule has 20 heavy (non-hydrogen) atoms. The Morgan fingerprint density at radius 3 is 2.80 bits per heavy atom. The first-order valence-electron chi connectivity index (χ1n) is 8.04. The van der Waals surface area contributed by atoms with Gasteiger partial charge in [-0.15, -0.1) is 0 Å². The summed E-state index contributed by atoms with van der Waals surface area (Å²) in [6, 6.07) is 3.24. The van der Waals surface area contributed by atoms with Crippen molar-refractivity contribution >= 4 is 0 Å². The molecule has 1 aromatic rings. The van der Waals surface area contributed by atoms with Crippen LogP contribution in [0, 0.1) is 5.92 Å². The van der Waals surface area contributed by atoms with Gasteiger partial charge in [0, 0.05) is 31.4 Å². The molecule has 0 aromatic carbocycles. The molecule has 2 rings (SSSR count). The number of nitrogens with zero attached hydrogens (tertiary/aromatic N) is 3. The quantitative estimate of drug-likeness (QED) is 0.899. The fourth-order valence-corrected chi connectivity index (χ4v) is 2.93. The zero-order chi connectivity index (χ0) is 14.5. The molecule has 1 saturated heterocycles. The van der Waals surface area contributed by atoms with E-state index in [1.165, 1.54) is 25.1 Å². The maximum absolute atomic E-state index is 4.68. The fourth-order valence-electron chi connectivity index (χ4n) is 2.93. The van der Waals surface area contributed by atoms with E-state index in [9.17, 15) is 0 Å². The Labute approximate surface area is 123 Å². The fraction of sp³-hybridized carbons (Fsp3) is 0.812. The van der Waals surface area contributed by atoms with E-state index >= 15 is 0 Å². The molecule has 114 valence electrons. The van der Waals surface area contributed by atoms with Gasteiger partial charge in [-0.1, -0.05) is 13.8 Å². The van der Waals surface area contributed by atoms with Gasteiger partial charge in [-0.3, -0.25) is 9.58 Å². The summed E-state index contributed by atoms with van der Waals surface area (Å²) in [5.41, 5.74) is 1.20. The Morgan fingerprint density at radius 2 is 2.15 bits per heavy atom. The van der Waals surface area contributed by atoms with E-state index < -0.39 is 0 Å². The summed E-state index contributed by atoms with van der Waals surface area (Å²) < 4.78 is 2.05. The normalized spacial score (nSPS) is 21.6. The van der Waals surface area contributed by atoms with E-state index in [1.54, 1.807) is 0 Å². The third kappa shape index (κ3) is 4.60. The van der Waals surface area contributed by atoms with E-state index in [0.717, 1.165) is 25.6 Å². The van der Waals surface area contributed by atoms with Gasteiger partial charge in [-0.05, 0) is 51.8 Å². The second-order valence-corrected chi connectivity index (χ2v) is 6.75. The molecule has 4 nitrogen and oxygen atoms in total. The van der Waals surface area contributed by atoms with Crippen LogP contribution in [-0.4, -0.2) is 40.4 Å². The van der Waals surface area contributed by atoms with Crippen molar-refractivity contribution in [2.45, 2.75) is 59.2 Å².